The number of rotatable bonds is 5. The van der Waals surface area contributed by atoms with E-state index in [-0.39, 0.29) is 5.91 Å². The number of tetrazole rings is 1. The third kappa shape index (κ3) is 3.27. The number of methoxy groups -OCH3 is 2. The van der Waals surface area contributed by atoms with Crippen LogP contribution in [0.2, 0.25) is 0 Å². The molecule has 0 saturated heterocycles. The Bertz CT molecular complexity index is 871. The Morgan fingerprint density at radius 2 is 1.84 bits per heavy atom. The number of aromatic nitrogens is 4. The third-order valence-electron chi connectivity index (χ3n) is 3.72. The molecule has 0 atom stereocenters. The average molecular weight is 339 g/mol. The molecule has 0 radical (unpaired) electrons. The molecule has 3 aromatic rings. The zero-order valence-corrected chi connectivity index (χ0v) is 14.1. The molecule has 3 rings (SSSR count). The second-order valence-electron chi connectivity index (χ2n) is 5.25. The molecule has 0 bridgehead atoms. The van der Waals surface area contributed by atoms with E-state index in [1.165, 1.54) is 25.2 Å². The summed E-state index contributed by atoms with van der Waals surface area (Å²) in [5, 5.41) is 14.0. The molecule has 0 saturated carbocycles. The van der Waals surface area contributed by atoms with Gasteiger partial charge in [0.25, 0.3) is 5.91 Å². The van der Waals surface area contributed by atoms with E-state index in [1.807, 2.05) is 19.1 Å². The highest BCUT2D eigenvalue weighted by Gasteiger charge is 2.18. The number of anilines is 1. The van der Waals surface area contributed by atoms with Gasteiger partial charge in [-0.2, -0.15) is 0 Å². The molecule has 2 aromatic carbocycles. The Hall–Kier alpha value is -3.42. The van der Waals surface area contributed by atoms with Crippen molar-refractivity contribution in [1.82, 2.24) is 20.2 Å². The predicted octanol–water partition coefficient (Wildman–Crippen LogP) is 2.24. The van der Waals surface area contributed by atoms with Crippen molar-refractivity contribution in [1.29, 1.82) is 0 Å². The van der Waals surface area contributed by atoms with Gasteiger partial charge in [-0.25, -0.2) is 4.68 Å². The number of hydrogen-bond acceptors (Lipinski definition) is 6. The van der Waals surface area contributed by atoms with E-state index in [9.17, 15) is 4.79 Å². The lowest BCUT2D eigenvalue weighted by Gasteiger charge is -2.14. The standard InChI is InChI=1S/C17H17N5O3/c1-11-7-8-12(9-13(11)22-10-18-20-21-22)19-17(23)16-14(24-2)5-4-6-15(16)25-3/h4-10H,1-3H3,(H,19,23). The van der Waals surface area contributed by atoms with Crippen molar-refractivity contribution in [2.75, 3.05) is 19.5 Å². The van der Waals surface area contributed by atoms with Gasteiger partial charge in [0.1, 0.15) is 23.4 Å². The van der Waals surface area contributed by atoms with Gasteiger partial charge >= 0.3 is 0 Å². The first kappa shape index (κ1) is 16.4. The molecule has 0 spiro atoms. The second kappa shape index (κ2) is 7.00. The first-order chi connectivity index (χ1) is 12.1. The van der Waals surface area contributed by atoms with Crippen LogP contribution in [0, 0.1) is 6.92 Å². The van der Waals surface area contributed by atoms with Crippen LogP contribution in [-0.4, -0.2) is 40.3 Å². The summed E-state index contributed by atoms with van der Waals surface area (Å²) in [7, 11) is 3.01. The Labute approximate surface area is 144 Å². The van der Waals surface area contributed by atoms with Crippen LogP contribution < -0.4 is 14.8 Å². The molecule has 8 heteroatoms. The van der Waals surface area contributed by atoms with Gasteiger partial charge in [0.2, 0.25) is 0 Å². The highest BCUT2D eigenvalue weighted by molar-refractivity contribution is 6.08. The fourth-order valence-electron chi connectivity index (χ4n) is 2.47. The molecule has 128 valence electrons. The summed E-state index contributed by atoms with van der Waals surface area (Å²) in [4.78, 5) is 12.7. The van der Waals surface area contributed by atoms with Crippen molar-refractivity contribution in [3.63, 3.8) is 0 Å². The van der Waals surface area contributed by atoms with E-state index >= 15 is 0 Å². The minimum atomic E-state index is -0.333. The van der Waals surface area contributed by atoms with Gasteiger partial charge in [-0.15, -0.1) is 5.10 Å². The number of ether oxygens (including phenoxy) is 2. The van der Waals surface area contributed by atoms with Gasteiger partial charge in [-0.05, 0) is 47.2 Å². The van der Waals surface area contributed by atoms with E-state index in [2.05, 4.69) is 20.8 Å². The summed E-state index contributed by atoms with van der Waals surface area (Å²) >= 11 is 0. The van der Waals surface area contributed by atoms with Gasteiger partial charge in [0.15, 0.2) is 0 Å². The summed E-state index contributed by atoms with van der Waals surface area (Å²) in [5.41, 5.74) is 2.68. The average Bonchev–Trinajstić information content (AvgIpc) is 3.16. The molecule has 0 aliphatic heterocycles. The summed E-state index contributed by atoms with van der Waals surface area (Å²) in [6, 6.07) is 10.7. The van der Waals surface area contributed by atoms with Crippen molar-refractivity contribution < 1.29 is 14.3 Å². The molecule has 0 unspecified atom stereocenters. The molecule has 25 heavy (non-hydrogen) atoms. The predicted molar refractivity (Wildman–Crippen MR) is 91.4 cm³/mol. The molecule has 0 fully saturated rings. The Balaban J connectivity index is 1.94. The van der Waals surface area contributed by atoms with Gasteiger partial charge in [-0.3, -0.25) is 4.79 Å². The van der Waals surface area contributed by atoms with E-state index < -0.39 is 0 Å². The summed E-state index contributed by atoms with van der Waals surface area (Å²) < 4.78 is 12.1. The van der Waals surface area contributed by atoms with Crippen LogP contribution in [0.4, 0.5) is 5.69 Å². The number of nitrogens with one attached hydrogen (secondary N) is 1. The quantitative estimate of drug-likeness (QED) is 0.766. The molecule has 1 N–H and O–H groups in total. The van der Waals surface area contributed by atoms with E-state index in [4.69, 9.17) is 9.47 Å². The highest BCUT2D eigenvalue weighted by atomic mass is 16.5. The lowest BCUT2D eigenvalue weighted by atomic mass is 10.1. The number of nitrogens with zero attached hydrogens (tertiary/aromatic N) is 4. The largest absolute Gasteiger partial charge is 0.496 e. The number of hydrogen-bond donors (Lipinski definition) is 1. The van der Waals surface area contributed by atoms with Crippen molar-refractivity contribution in [3.05, 3.63) is 53.9 Å². The SMILES string of the molecule is COc1cccc(OC)c1C(=O)Nc1ccc(C)c(-n2cnnn2)c1. The van der Waals surface area contributed by atoms with E-state index in [0.717, 1.165) is 11.3 Å². The van der Waals surface area contributed by atoms with Crippen LogP contribution in [0.25, 0.3) is 5.69 Å². The van der Waals surface area contributed by atoms with Crippen molar-refractivity contribution in [2.24, 2.45) is 0 Å². The van der Waals surface area contributed by atoms with Crippen molar-refractivity contribution >= 4 is 11.6 Å². The van der Waals surface area contributed by atoms with Gasteiger partial charge < -0.3 is 14.8 Å². The Morgan fingerprint density at radius 3 is 2.44 bits per heavy atom. The fourth-order valence-corrected chi connectivity index (χ4v) is 2.47. The van der Waals surface area contributed by atoms with Crippen LogP contribution in [0.15, 0.2) is 42.7 Å². The van der Waals surface area contributed by atoms with Gasteiger partial charge in [0, 0.05) is 5.69 Å². The maximum atomic E-state index is 12.7. The van der Waals surface area contributed by atoms with Crippen LogP contribution in [0.3, 0.4) is 0 Å². The number of benzene rings is 2. The van der Waals surface area contributed by atoms with Gasteiger partial charge in [-0.1, -0.05) is 12.1 Å². The fraction of sp³-hybridized carbons (Fsp3) is 0.176. The molecule has 1 heterocycles. The second-order valence-corrected chi connectivity index (χ2v) is 5.25. The van der Waals surface area contributed by atoms with Crippen molar-refractivity contribution in [3.8, 4) is 17.2 Å². The minimum absolute atomic E-state index is 0.331. The number of carbonyl (C=O) groups excluding carboxylic acids is 1. The molecule has 0 aliphatic carbocycles. The lowest BCUT2D eigenvalue weighted by molar-refractivity contribution is 0.102. The van der Waals surface area contributed by atoms with Crippen LogP contribution >= 0.6 is 0 Å². The third-order valence-corrected chi connectivity index (χ3v) is 3.72. The first-order valence-corrected chi connectivity index (χ1v) is 7.50. The topological polar surface area (TPSA) is 91.2 Å². The molecule has 8 nitrogen and oxygen atoms in total. The molecule has 1 amide bonds. The monoisotopic (exact) mass is 339 g/mol. The summed E-state index contributed by atoms with van der Waals surface area (Å²) in [5.74, 6) is 0.537. The van der Waals surface area contributed by atoms with Crippen LogP contribution in [0.1, 0.15) is 15.9 Å². The zero-order chi connectivity index (χ0) is 17.8. The highest BCUT2D eigenvalue weighted by Crippen LogP contribution is 2.29. The van der Waals surface area contributed by atoms with E-state index in [1.54, 1.807) is 24.3 Å². The molecular formula is C17H17N5O3. The summed E-state index contributed by atoms with van der Waals surface area (Å²) in [6.07, 6.45) is 1.50. The first-order valence-electron chi connectivity index (χ1n) is 7.50. The Morgan fingerprint density at radius 1 is 1.12 bits per heavy atom. The van der Waals surface area contributed by atoms with Gasteiger partial charge in [0.05, 0.1) is 19.9 Å². The lowest BCUT2D eigenvalue weighted by Crippen LogP contribution is -2.15. The number of amides is 1. The van der Waals surface area contributed by atoms with E-state index in [0.29, 0.717) is 22.7 Å². The minimum Gasteiger partial charge on any atom is -0.496 e. The summed E-state index contributed by atoms with van der Waals surface area (Å²) in [6.45, 7) is 1.94. The van der Waals surface area contributed by atoms with Crippen LogP contribution in [0.5, 0.6) is 11.5 Å². The molecule has 1 aromatic heterocycles. The normalized spacial score (nSPS) is 10.4. The Kier molecular flexibility index (Phi) is 4.60. The van der Waals surface area contributed by atoms with Crippen LogP contribution in [-0.2, 0) is 0 Å². The number of carbonyl (C=O) groups is 1. The maximum Gasteiger partial charge on any atom is 0.263 e. The molecular weight excluding hydrogens is 322 g/mol. The number of aryl methyl sites for hydroxylation is 1. The van der Waals surface area contributed by atoms with Crippen molar-refractivity contribution in [2.45, 2.75) is 6.92 Å². The maximum absolute atomic E-state index is 12.7. The smallest absolute Gasteiger partial charge is 0.263 e. The zero-order valence-electron chi connectivity index (χ0n) is 14.1. The molecule has 0 aliphatic rings.